The molecule has 0 aliphatic carbocycles. The average molecular weight is 472 g/mol. The Morgan fingerprint density at radius 1 is 0.941 bits per heavy atom. The monoisotopic (exact) mass is 471 g/mol. The van der Waals surface area contributed by atoms with Crippen molar-refractivity contribution >= 4 is 34.3 Å². The molecule has 1 atom stereocenters. The van der Waals surface area contributed by atoms with Gasteiger partial charge in [-0.1, -0.05) is 60.1 Å². The molecule has 1 aromatic heterocycles. The molecule has 0 saturated carbocycles. The summed E-state index contributed by atoms with van der Waals surface area (Å²) in [5.74, 6) is -0.758. The highest BCUT2D eigenvalue weighted by Gasteiger charge is 2.29. The van der Waals surface area contributed by atoms with Crippen LogP contribution in [0.3, 0.4) is 0 Å². The second-order valence-corrected chi connectivity index (χ2v) is 8.96. The van der Waals surface area contributed by atoms with Crippen LogP contribution in [0, 0.1) is 0 Å². The molecule has 2 heterocycles. The molecule has 5 rings (SSSR count). The lowest BCUT2D eigenvalue weighted by molar-refractivity contribution is -0.929. The first-order chi connectivity index (χ1) is 16.6. The van der Waals surface area contributed by atoms with Crippen molar-refractivity contribution in [2.45, 2.75) is 19.5 Å². The van der Waals surface area contributed by atoms with Crippen LogP contribution >= 0.6 is 11.6 Å². The standard InChI is InChI=1S/C28H23ClN2O3/c29-21-12-10-20(11-13-21)26(32)18-34-28(33)27-22-8-4-5-9-24(22)30-25-14-15-31(17-23(25)27)16-19-6-2-1-3-7-19/h1-13H,14-18H2/p+1. The maximum absolute atomic E-state index is 13.4. The molecule has 0 saturated heterocycles. The van der Waals surface area contributed by atoms with Crippen LogP contribution in [-0.2, 0) is 24.2 Å². The minimum atomic E-state index is -0.488. The Bertz CT molecular complexity index is 1350. The molecule has 0 fully saturated rings. The number of halogens is 1. The number of aromatic nitrogens is 1. The van der Waals surface area contributed by atoms with Crippen molar-refractivity contribution < 1.29 is 19.2 Å². The number of nitrogens with zero attached hydrogens (tertiary/aromatic N) is 1. The van der Waals surface area contributed by atoms with E-state index in [2.05, 4.69) is 12.1 Å². The molecule has 3 aromatic carbocycles. The molecule has 6 heteroatoms. The Balaban J connectivity index is 1.42. The highest BCUT2D eigenvalue weighted by molar-refractivity contribution is 6.30. The number of quaternary nitrogens is 1. The molecule has 1 aliphatic rings. The van der Waals surface area contributed by atoms with E-state index < -0.39 is 5.97 Å². The number of fused-ring (bicyclic) bond motifs is 2. The van der Waals surface area contributed by atoms with Crippen LogP contribution in [0.5, 0.6) is 0 Å². The quantitative estimate of drug-likeness (QED) is 0.340. The molecular weight excluding hydrogens is 448 g/mol. The molecule has 1 unspecified atom stereocenters. The molecule has 0 radical (unpaired) electrons. The Hall–Kier alpha value is -3.54. The number of esters is 1. The number of hydrogen-bond acceptors (Lipinski definition) is 4. The SMILES string of the molecule is O=C(COC(=O)c1c2c(nc3ccccc13)CC[NH+](Cc1ccccc1)C2)c1ccc(Cl)cc1. The van der Waals surface area contributed by atoms with E-state index in [9.17, 15) is 9.59 Å². The van der Waals surface area contributed by atoms with Gasteiger partial charge in [0.2, 0.25) is 0 Å². The van der Waals surface area contributed by atoms with Crippen LogP contribution in [-0.4, -0.2) is 29.9 Å². The van der Waals surface area contributed by atoms with Crippen LogP contribution in [0.2, 0.25) is 5.02 Å². The highest BCUT2D eigenvalue weighted by atomic mass is 35.5. The summed E-state index contributed by atoms with van der Waals surface area (Å²) in [6.45, 7) is 2.16. The van der Waals surface area contributed by atoms with E-state index in [1.54, 1.807) is 24.3 Å². The van der Waals surface area contributed by atoms with E-state index in [0.717, 1.165) is 41.7 Å². The molecular formula is C28H24ClN2O3+. The van der Waals surface area contributed by atoms with Crippen LogP contribution in [0.25, 0.3) is 10.9 Å². The third-order valence-corrected chi connectivity index (χ3v) is 6.47. The van der Waals surface area contributed by atoms with Crippen molar-refractivity contribution in [1.82, 2.24) is 4.98 Å². The zero-order valence-electron chi connectivity index (χ0n) is 18.6. The van der Waals surface area contributed by atoms with E-state index in [1.165, 1.54) is 10.5 Å². The Labute approximate surface area is 202 Å². The molecule has 0 bridgehead atoms. The van der Waals surface area contributed by atoms with Gasteiger partial charge in [-0.3, -0.25) is 9.78 Å². The van der Waals surface area contributed by atoms with Gasteiger partial charge in [0.25, 0.3) is 0 Å². The van der Waals surface area contributed by atoms with Crippen molar-refractivity contribution in [2.75, 3.05) is 13.2 Å². The Morgan fingerprint density at radius 3 is 2.47 bits per heavy atom. The minimum Gasteiger partial charge on any atom is -0.454 e. The number of carbonyl (C=O) groups excluding carboxylic acids is 2. The fourth-order valence-corrected chi connectivity index (χ4v) is 4.65. The Kier molecular flexibility index (Phi) is 6.39. The van der Waals surface area contributed by atoms with Gasteiger partial charge >= 0.3 is 5.97 Å². The van der Waals surface area contributed by atoms with Gasteiger partial charge in [0.05, 0.1) is 23.3 Å². The van der Waals surface area contributed by atoms with Gasteiger partial charge in [-0.15, -0.1) is 0 Å². The average Bonchev–Trinajstić information content (AvgIpc) is 2.86. The summed E-state index contributed by atoms with van der Waals surface area (Å²) >= 11 is 5.91. The van der Waals surface area contributed by atoms with Gasteiger partial charge < -0.3 is 9.64 Å². The number of Topliss-reactive ketones (excluding diaryl/α,β-unsaturated/α-hetero) is 1. The van der Waals surface area contributed by atoms with Crippen LogP contribution in [0.4, 0.5) is 0 Å². The molecule has 5 nitrogen and oxygen atoms in total. The molecule has 1 N–H and O–H groups in total. The van der Waals surface area contributed by atoms with Gasteiger partial charge in [-0.2, -0.15) is 0 Å². The van der Waals surface area contributed by atoms with Crippen molar-refractivity contribution in [3.8, 4) is 0 Å². The summed E-state index contributed by atoms with van der Waals surface area (Å²) < 4.78 is 5.54. The predicted molar refractivity (Wildman–Crippen MR) is 131 cm³/mol. The second-order valence-electron chi connectivity index (χ2n) is 8.52. The summed E-state index contributed by atoms with van der Waals surface area (Å²) in [4.78, 5) is 32.1. The summed E-state index contributed by atoms with van der Waals surface area (Å²) in [6.07, 6.45) is 0.784. The van der Waals surface area contributed by atoms with E-state index >= 15 is 0 Å². The van der Waals surface area contributed by atoms with Crippen molar-refractivity contribution in [1.29, 1.82) is 0 Å². The van der Waals surface area contributed by atoms with Gasteiger partial charge in [0.1, 0.15) is 13.1 Å². The zero-order valence-corrected chi connectivity index (χ0v) is 19.3. The third kappa shape index (κ3) is 4.72. The van der Waals surface area contributed by atoms with E-state index in [-0.39, 0.29) is 12.4 Å². The van der Waals surface area contributed by atoms with E-state index in [4.69, 9.17) is 21.3 Å². The van der Waals surface area contributed by atoms with Crippen LogP contribution < -0.4 is 4.90 Å². The number of pyridine rings is 1. The lowest BCUT2D eigenvalue weighted by Gasteiger charge is -2.27. The normalized spacial score (nSPS) is 15.0. The van der Waals surface area contributed by atoms with Gasteiger partial charge in [0, 0.05) is 33.5 Å². The fraction of sp³-hybridized carbons (Fsp3) is 0.179. The van der Waals surface area contributed by atoms with Gasteiger partial charge in [-0.05, 0) is 30.3 Å². The number of benzene rings is 3. The smallest absolute Gasteiger partial charge is 0.339 e. The first kappa shape index (κ1) is 22.3. The zero-order chi connectivity index (χ0) is 23.5. The highest BCUT2D eigenvalue weighted by Crippen LogP contribution is 2.26. The summed E-state index contributed by atoms with van der Waals surface area (Å²) in [7, 11) is 0. The molecule has 0 amide bonds. The van der Waals surface area contributed by atoms with Crippen LogP contribution in [0.1, 0.15) is 37.5 Å². The minimum absolute atomic E-state index is 0.270. The third-order valence-electron chi connectivity index (χ3n) is 6.22. The topological polar surface area (TPSA) is 60.7 Å². The number of ketones is 1. The lowest BCUT2D eigenvalue weighted by atomic mass is 9.95. The number of rotatable bonds is 6. The number of carbonyl (C=O) groups is 2. The maximum atomic E-state index is 13.4. The first-order valence-corrected chi connectivity index (χ1v) is 11.7. The molecule has 170 valence electrons. The molecule has 1 aliphatic heterocycles. The molecule has 4 aromatic rings. The van der Waals surface area contributed by atoms with Crippen LogP contribution in [0.15, 0.2) is 78.9 Å². The largest absolute Gasteiger partial charge is 0.454 e. The first-order valence-electron chi connectivity index (χ1n) is 11.3. The second kappa shape index (κ2) is 9.75. The van der Waals surface area contributed by atoms with Crippen molar-refractivity contribution in [2.24, 2.45) is 0 Å². The number of ether oxygens (including phenoxy) is 1. The predicted octanol–water partition coefficient (Wildman–Crippen LogP) is 4.07. The maximum Gasteiger partial charge on any atom is 0.339 e. The number of nitrogens with one attached hydrogen (secondary N) is 1. The summed E-state index contributed by atoms with van der Waals surface area (Å²) in [5, 5.41) is 1.30. The number of para-hydroxylation sites is 1. The van der Waals surface area contributed by atoms with Gasteiger partial charge in [-0.25, -0.2) is 4.79 Å². The van der Waals surface area contributed by atoms with E-state index in [0.29, 0.717) is 22.7 Å². The summed E-state index contributed by atoms with van der Waals surface area (Å²) in [6, 6.07) is 24.5. The molecule has 0 spiro atoms. The van der Waals surface area contributed by atoms with Crippen molar-refractivity contribution in [3.63, 3.8) is 0 Å². The van der Waals surface area contributed by atoms with Crippen molar-refractivity contribution in [3.05, 3.63) is 112 Å². The Morgan fingerprint density at radius 2 is 1.68 bits per heavy atom. The van der Waals surface area contributed by atoms with E-state index in [1.807, 2.05) is 42.5 Å². The van der Waals surface area contributed by atoms with Gasteiger partial charge in [0.15, 0.2) is 12.4 Å². The number of hydrogen-bond donors (Lipinski definition) is 1. The molecule has 34 heavy (non-hydrogen) atoms. The fourth-order valence-electron chi connectivity index (χ4n) is 4.52. The summed E-state index contributed by atoms with van der Waals surface area (Å²) in [5.41, 5.74) is 4.86. The lowest BCUT2D eigenvalue weighted by Crippen LogP contribution is -3.10.